The van der Waals surface area contributed by atoms with Crippen LogP contribution in [-0.4, -0.2) is 66.5 Å². The van der Waals surface area contributed by atoms with Gasteiger partial charge in [0.1, 0.15) is 12.7 Å². The minimum Gasteiger partial charge on any atom is -0.462 e. The molecule has 0 aliphatic heterocycles. The van der Waals surface area contributed by atoms with Crippen LogP contribution in [0.1, 0.15) is 265 Å². The third kappa shape index (κ3) is 57.1. The summed E-state index contributed by atoms with van der Waals surface area (Å²) < 4.78 is 39.6. The molecule has 11 nitrogen and oxygen atoms in total. The molecule has 3 atom stereocenters. The summed E-state index contributed by atoms with van der Waals surface area (Å²) in [5.41, 5.74) is 0. The summed E-state index contributed by atoms with van der Waals surface area (Å²) in [4.78, 5) is 48.7. The molecular formula is C66H113O11P. The lowest BCUT2D eigenvalue weighted by atomic mass is 10.0. The van der Waals surface area contributed by atoms with Gasteiger partial charge in [0.05, 0.1) is 19.8 Å². The van der Waals surface area contributed by atoms with E-state index in [1.54, 1.807) is 0 Å². The number of hydrogen-bond donors (Lipinski definition) is 2. The zero-order valence-corrected chi connectivity index (χ0v) is 50.5. The van der Waals surface area contributed by atoms with E-state index in [0.717, 1.165) is 103 Å². The van der Waals surface area contributed by atoms with E-state index >= 15 is 0 Å². The molecule has 0 heterocycles. The molecule has 0 spiro atoms. The van der Waals surface area contributed by atoms with Gasteiger partial charge in [-0.2, -0.15) is 0 Å². The standard InChI is InChI=1S/C66H113O11P/c1-4-7-10-13-16-19-22-25-28-31-34-37-40-43-46-49-52-55-64(68)73-59-63(77-66(70)57-54-51-48-45-42-39-36-33-30-27-24-21-18-15-12-9-6-3)61-75-78(71,72)74-60-62(58-67)76-65(69)56-53-50-47-44-41-38-35-32-29-26-23-20-17-14-11-8-5-2/h7,9-10,12,16,18-19,21,25,27-28,30,36,39,45,48,62-63,67H,4-6,8,11,13-15,17,20,22-24,26,29,31-35,37-38,40-44,46-47,49-61H2,1-3H3,(H,71,72)/b10-7-,12-9-,19-16-,21-18-,28-25-,30-27-,39-36-,48-45-. The summed E-state index contributed by atoms with van der Waals surface area (Å²) in [6.45, 7) is 4.38. The number of aliphatic hydroxyl groups is 1. The molecule has 0 amide bonds. The lowest BCUT2D eigenvalue weighted by molar-refractivity contribution is -0.161. The van der Waals surface area contributed by atoms with Crippen LogP contribution in [0.15, 0.2) is 97.2 Å². The van der Waals surface area contributed by atoms with Gasteiger partial charge in [0, 0.05) is 19.3 Å². The second-order valence-corrected chi connectivity index (χ2v) is 21.9. The molecule has 0 aromatic carbocycles. The Kier molecular flexibility index (Phi) is 56.8. The van der Waals surface area contributed by atoms with Crippen molar-refractivity contribution >= 4 is 25.7 Å². The molecule has 0 saturated carbocycles. The second-order valence-electron chi connectivity index (χ2n) is 20.5. The number of rotatable bonds is 57. The van der Waals surface area contributed by atoms with E-state index in [1.165, 1.54) is 96.3 Å². The lowest BCUT2D eigenvalue weighted by Crippen LogP contribution is -2.30. The monoisotopic (exact) mass is 1110 g/mol. The fourth-order valence-electron chi connectivity index (χ4n) is 8.35. The highest BCUT2D eigenvalue weighted by atomic mass is 31.2. The highest BCUT2D eigenvalue weighted by Crippen LogP contribution is 2.43. The van der Waals surface area contributed by atoms with E-state index in [1.807, 2.05) is 12.2 Å². The number of allylic oxidation sites excluding steroid dienone is 16. The number of ether oxygens (including phenoxy) is 3. The van der Waals surface area contributed by atoms with Crippen LogP contribution in [0.3, 0.4) is 0 Å². The Morgan fingerprint density at radius 3 is 1.08 bits per heavy atom. The van der Waals surface area contributed by atoms with Crippen LogP contribution in [0, 0.1) is 0 Å². The van der Waals surface area contributed by atoms with Crippen LogP contribution in [-0.2, 0) is 42.2 Å². The normalized spacial score (nSPS) is 14.0. The second kappa shape index (κ2) is 59.5. The Labute approximate surface area is 476 Å². The van der Waals surface area contributed by atoms with Gasteiger partial charge in [0.15, 0.2) is 6.10 Å². The molecule has 12 heteroatoms. The van der Waals surface area contributed by atoms with Crippen LogP contribution in [0.4, 0.5) is 0 Å². The molecule has 0 radical (unpaired) electrons. The van der Waals surface area contributed by atoms with Gasteiger partial charge in [-0.15, -0.1) is 0 Å². The molecule has 0 bridgehead atoms. The third-order valence-electron chi connectivity index (χ3n) is 13.0. The summed E-state index contributed by atoms with van der Waals surface area (Å²) in [5, 5.41) is 9.85. The Bertz CT molecular complexity index is 1680. The molecule has 3 unspecified atom stereocenters. The summed E-state index contributed by atoms with van der Waals surface area (Å²) in [6.07, 6.45) is 70.8. The largest absolute Gasteiger partial charge is 0.472 e. The van der Waals surface area contributed by atoms with Crippen molar-refractivity contribution in [2.24, 2.45) is 0 Å². The maximum atomic E-state index is 12.9. The van der Waals surface area contributed by atoms with E-state index in [4.69, 9.17) is 23.3 Å². The van der Waals surface area contributed by atoms with Gasteiger partial charge in [0.2, 0.25) is 0 Å². The van der Waals surface area contributed by atoms with Crippen molar-refractivity contribution in [3.63, 3.8) is 0 Å². The highest BCUT2D eigenvalue weighted by molar-refractivity contribution is 7.47. The number of phosphoric acid groups is 1. The summed E-state index contributed by atoms with van der Waals surface area (Å²) in [6, 6.07) is 0. The number of unbranched alkanes of at least 4 members (excludes halogenated alkanes) is 24. The van der Waals surface area contributed by atoms with Crippen molar-refractivity contribution in [1.82, 2.24) is 0 Å². The fourth-order valence-corrected chi connectivity index (χ4v) is 9.13. The summed E-state index contributed by atoms with van der Waals surface area (Å²) in [5.74, 6) is -1.54. The molecule has 0 saturated heterocycles. The zero-order valence-electron chi connectivity index (χ0n) is 49.6. The number of carbonyl (C=O) groups excluding carboxylic acids is 3. The van der Waals surface area contributed by atoms with Gasteiger partial charge in [-0.3, -0.25) is 23.4 Å². The maximum Gasteiger partial charge on any atom is 0.472 e. The Hall–Kier alpha value is -3.60. The fraction of sp³-hybridized carbons (Fsp3) is 0.712. The molecule has 78 heavy (non-hydrogen) atoms. The van der Waals surface area contributed by atoms with Crippen molar-refractivity contribution in [3.8, 4) is 0 Å². The van der Waals surface area contributed by atoms with E-state index in [2.05, 4.69) is 106 Å². The van der Waals surface area contributed by atoms with Crippen LogP contribution < -0.4 is 0 Å². The molecule has 0 fully saturated rings. The molecule has 0 aliphatic rings. The molecule has 0 aromatic rings. The molecule has 2 N–H and O–H groups in total. The summed E-state index contributed by atoms with van der Waals surface area (Å²) in [7, 11) is -4.77. The number of carbonyl (C=O) groups is 3. The van der Waals surface area contributed by atoms with Gasteiger partial charge < -0.3 is 24.2 Å². The first kappa shape index (κ1) is 74.4. The third-order valence-corrected chi connectivity index (χ3v) is 14.0. The molecule has 448 valence electrons. The first-order valence-corrected chi connectivity index (χ1v) is 32.6. The van der Waals surface area contributed by atoms with Crippen LogP contribution in [0.25, 0.3) is 0 Å². The first-order valence-electron chi connectivity index (χ1n) is 31.1. The van der Waals surface area contributed by atoms with Crippen molar-refractivity contribution in [2.45, 2.75) is 277 Å². The van der Waals surface area contributed by atoms with Gasteiger partial charge >= 0.3 is 25.7 Å². The Balaban J connectivity index is 4.77. The maximum absolute atomic E-state index is 12.9. The SMILES string of the molecule is CC/C=C\C/C=C\C/C=C\C/C=C\C/C=C\CCCC(=O)OC(COC(=O)CCCCCCCCC/C=C\C/C=C\C/C=C\CC)COP(=O)(O)OCC(CO)OC(=O)CCCCCCCCCCCCCCCCCCC. The highest BCUT2D eigenvalue weighted by Gasteiger charge is 2.28. The van der Waals surface area contributed by atoms with E-state index in [0.29, 0.717) is 25.7 Å². The summed E-state index contributed by atoms with van der Waals surface area (Å²) >= 11 is 0. The Morgan fingerprint density at radius 2 is 0.679 bits per heavy atom. The van der Waals surface area contributed by atoms with Crippen molar-refractivity contribution in [3.05, 3.63) is 97.2 Å². The number of phosphoric ester groups is 1. The van der Waals surface area contributed by atoms with Gasteiger partial charge in [-0.25, -0.2) is 4.57 Å². The predicted octanol–water partition coefficient (Wildman–Crippen LogP) is 18.8. The minimum atomic E-state index is -4.77. The minimum absolute atomic E-state index is 0.0841. The van der Waals surface area contributed by atoms with E-state index in [-0.39, 0.29) is 25.9 Å². The number of hydrogen-bond acceptors (Lipinski definition) is 10. The van der Waals surface area contributed by atoms with Gasteiger partial charge in [-0.1, -0.05) is 253 Å². The van der Waals surface area contributed by atoms with Gasteiger partial charge in [-0.05, 0) is 89.9 Å². The van der Waals surface area contributed by atoms with Crippen LogP contribution in [0.2, 0.25) is 0 Å². The molecule has 0 rings (SSSR count). The first-order chi connectivity index (χ1) is 38.2. The number of esters is 3. The average molecular weight is 1110 g/mol. The smallest absolute Gasteiger partial charge is 0.462 e. The quantitative estimate of drug-likeness (QED) is 0.0197. The Morgan fingerprint density at radius 1 is 0.372 bits per heavy atom. The molecule has 0 aliphatic carbocycles. The zero-order chi connectivity index (χ0) is 56.9. The van der Waals surface area contributed by atoms with E-state index in [9.17, 15) is 28.9 Å². The van der Waals surface area contributed by atoms with Gasteiger partial charge in [0.25, 0.3) is 0 Å². The predicted molar refractivity (Wildman–Crippen MR) is 325 cm³/mol. The van der Waals surface area contributed by atoms with Crippen LogP contribution >= 0.6 is 7.82 Å². The topological polar surface area (TPSA) is 155 Å². The van der Waals surface area contributed by atoms with Crippen LogP contribution in [0.5, 0.6) is 0 Å². The molecule has 0 aromatic heterocycles. The lowest BCUT2D eigenvalue weighted by Gasteiger charge is -2.21. The van der Waals surface area contributed by atoms with E-state index < -0.39 is 57.8 Å². The van der Waals surface area contributed by atoms with Crippen molar-refractivity contribution in [2.75, 3.05) is 26.4 Å². The molecular weight excluding hydrogens is 1000 g/mol. The van der Waals surface area contributed by atoms with Crippen molar-refractivity contribution < 1.29 is 52.2 Å². The van der Waals surface area contributed by atoms with Crippen molar-refractivity contribution in [1.29, 1.82) is 0 Å². The average Bonchev–Trinajstić information content (AvgIpc) is 3.43. The number of aliphatic hydroxyl groups excluding tert-OH is 1.